The van der Waals surface area contributed by atoms with Gasteiger partial charge in [-0.2, -0.15) is 12.7 Å². The Labute approximate surface area is 216 Å². The topological polar surface area (TPSA) is 64.1 Å². The lowest BCUT2D eigenvalue weighted by molar-refractivity contribution is 0.100. The molecule has 6 nitrogen and oxygen atoms in total. The smallest absolute Gasteiger partial charge is 0.304 e. The van der Waals surface area contributed by atoms with Crippen LogP contribution in [-0.4, -0.2) is 54.4 Å². The van der Waals surface area contributed by atoms with Crippen LogP contribution >= 0.6 is 11.6 Å². The molecule has 0 aliphatic carbocycles. The molecule has 2 fully saturated rings. The summed E-state index contributed by atoms with van der Waals surface area (Å²) in [6.07, 6.45) is 1.23. The number of piperidine rings is 1. The molecule has 0 saturated carbocycles. The Balaban J connectivity index is 1.40. The second-order valence-electron chi connectivity index (χ2n) is 9.84. The van der Waals surface area contributed by atoms with Crippen LogP contribution in [0, 0.1) is 5.82 Å². The van der Waals surface area contributed by atoms with Crippen LogP contribution in [0.4, 0.5) is 10.1 Å². The number of phenolic OH excluding ortho intramolecular Hbond substituents is 1. The summed E-state index contributed by atoms with van der Waals surface area (Å²) in [5, 5.41) is 11.0. The largest absolute Gasteiger partial charge is 0.507 e. The van der Waals surface area contributed by atoms with Gasteiger partial charge in [0, 0.05) is 48.9 Å². The highest BCUT2D eigenvalue weighted by Crippen LogP contribution is 2.44. The number of anilines is 1. The fourth-order valence-corrected chi connectivity index (χ4v) is 7.69. The average molecular weight is 530 g/mol. The minimum absolute atomic E-state index is 0.0778. The van der Waals surface area contributed by atoms with Crippen molar-refractivity contribution in [2.75, 3.05) is 24.4 Å². The summed E-state index contributed by atoms with van der Waals surface area (Å²) in [4.78, 5) is 2.32. The molecule has 0 amide bonds. The third-order valence-corrected chi connectivity index (χ3v) is 9.69. The standard InChI is InChI=1S/C27H29ClFN3O3S/c1-19-16-27(18-30(2)36(34,35)32(27)22-7-5-6-21(29)15-22)12-13-31(19)17-20-10-11-26(33)24(14-20)23-8-3-4-9-25(23)28/h3-11,14-15,19,33H,12-13,16-18H2,1-2H3. The Morgan fingerprint density at radius 3 is 2.58 bits per heavy atom. The summed E-state index contributed by atoms with van der Waals surface area (Å²) in [5.74, 6) is -0.290. The van der Waals surface area contributed by atoms with E-state index in [4.69, 9.17) is 11.6 Å². The second kappa shape index (κ2) is 9.34. The molecule has 2 aliphatic rings. The van der Waals surface area contributed by atoms with Gasteiger partial charge in [-0.15, -0.1) is 0 Å². The second-order valence-corrected chi connectivity index (χ2v) is 12.1. The third-order valence-electron chi connectivity index (χ3n) is 7.39. The molecule has 1 spiro atoms. The van der Waals surface area contributed by atoms with Gasteiger partial charge in [-0.3, -0.25) is 9.21 Å². The van der Waals surface area contributed by atoms with E-state index in [1.165, 1.54) is 20.7 Å². The summed E-state index contributed by atoms with van der Waals surface area (Å²) < 4.78 is 43.4. The number of hydrogen-bond donors (Lipinski definition) is 1. The van der Waals surface area contributed by atoms with E-state index in [1.807, 2.05) is 30.3 Å². The van der Waals surface area contributed by atoms with Crippen molar-refractivity contribution < 1.29 is 17.9 Å². The van der Waals surface area contributed by atoms with Crippen molar-refractivity contribution in [3.8, 4) is 16.9 Å². The Morgan fingerprint density at radius 1 is 1.08 bits per heavy atom. The number of benzene rings is 3. The van der Waals surface area contributed by atoms with Crippen LogP contribution in [0.2, 0.25) is 5.02 Å². The summed E-state index contributed by atoms with van der Waals surface area (Å²) in [5.41, 5.74) is 2.20. The molecule has 190 valence electrons. The molecule has 2 atom stereocenters. The number of hydrogen-bond acceptors (Lipinski definition) is 4. The Bertz CT molecular complexity index is 1400. The van der Waals surface area contributed by atoms with Gasteiger partial charge in [-0.25, -0.2) is 4.39 Å². The summed E-state index contributed by atoms with van der Waals surface area (Å²) in [6.45, 7) is 3.79. The molecule has 2 aliphatic heterocycles. The summed E-state index contributed by atoms with van der Waals surface area (Å²) >= 11 is 6.37. The first kappa shape index (κ1) is 25.0. The van der Waals surface area contributed by atoms with Crippen LogP contribution in [0.15, 0.2) is 66.7 Å². The molecule has 5 rings (SSSR count). The van der Waals surface area contributed by atoms with E-state index in [2.05, 4.69) is 11.8 Å². The van der Waals surface area contributed by atoms with E-state index < -0.39 is 21.6 Å². The van der Waals surface area contributed by atoms with Gasteiger partial charge in [0.2, 0.25) is 0 Å². The molecule has 0 aromatic heterocycles. The predicted molar refractivity (Wildman–Crippen MR) is 141 cm³/mol. The Hall–Kier alpha value is -2.65. The third kappa shape index (κ3) is 4.36. The van der Waals surface area contributed by atoms with Crippen LogP contribution < -0.4 is 4.31 Å². The Kier molecular flexibility index (Phi) is 6.49. The molecular formula is C27H29ClFN3O3S. The molecule has 2 unspecified atom stereocenters. The fourth-order valence-electron chi connectivity index (χ4n) is 5.68. The Morgan fingerprint density at radius 2 is 1.86 bits per heavy atom. The van der Waals surface area contributed by atoms with Crippen molar-refractivity contribution in [2.24, 2.45) is 0 Å². The van der Waals surface area contributed by atoms with Crippen LogP contribution in [-0.2, 0) is 16.8 Å². The van der Waals surface area contributed by atoms with Gasteiger partial charge in [0.05, 0.1) is 11.2 Å². The summed E-state index contributed by atoms with van der Waals surface area (Å²) in [6, 6.07) is 18.9. The predicted octanol–water partition coefficient (Wildman–Crippen LogP) is 5.27. The number of likely N-dealkylation sites (N-methyl/N-ethyl adjacent to an activating group) is 1. The summed E-state index contributed by atoms with van der Waals surface area (Å²) in [7, 11) is -2.16. The number of halogens is 2. The first-order valence-electron chi connectivity index (χ1n) is 11.9. The lowest BCUT2D eigenvalue weighted by Crippen LogP contribution is -2.57. The van der Waals surface area contributed by atoms with Crippen molar-refractivity contribution in [1.29, 1.82) is 0 Å². The van der Waals surface area contributed by atoms with Gasteiger partial charge in [0.25, 0.3) is 0 Å². The van der Waals surface area contributed by atoms with E-state index in [9.17, 15) is 17.9 Å². The van der Waals surface area contributed by atoms with Gasteiger partial charge in [-0.1, -0.05) is 41.9 Å². The van der Waals surface area contributed by atoms with Crippen molar-refractivity contribution in [3.05, 3.63) is 83.1 Å². The molecular weight excluding hydrogens is 501 g/mol. The molecule has 2 saturated heterocycles. The number of phenols is 1. The maximum absolute atomic E-state index is 14.0. The number of nitrogens with zero attached hydrogens (tertiary/aromatic N) is 3. The molecule has 36 heavy (non-hydrogen) atoms. The highest BCUT2D eigenvalue weighted by molar-refractivity contribution is 7.90. The van der Waals surface area contributed by atoms with Crippen molar-refractivity contribution in [2.45, 2.75) is 37.9 Å². The van der Waals surface area contributed by atoms with Gasteiger partial charge in [0.15, 0.2) is 0 Å². The maximum Gasteiger partial charge on any atom is 0.304 e. The molecule has 3 aromatic rings. The maximum atomic E-state index is 14.0. The van der Waals surface area contributed by atoms with Gasteiger partial charge in [-0.05, 0) is 61.7 Å². The monoisotopic (exact) mass is 529 g/mol. The van der Waals surface area contributed by atoms with E-state index in [0.29, 0.717) is 48.7 Å². The molecule has 2 heterocycles. The first-order valence-corrected chi connectivity index (χ1v) is 13.7. The van der Waals surface area contributed by atoms with Crippen LogP contribution in [0.5, 0.6) is 5.75 Å². The molecule has 0 radical (unpaired) electrons. The lowest BCUT2D eigenvalue weighted by Gasteiger charge is -2.47. The zero-order valence-corrected chi connectivity index (χ0v) is 21.8. The fraction of sp³-hybridized carbons (Fsp3) is 0.333. The molecule has 9 heteroatoms. The quantitative estimate of drug-likeness (QED) is 0.500. The van der Waals surface area contributed by atoms with Crippen LogP contribution in [0.3, 0.4) is 0 Å². The highest BCUT2D eigenvalue weighted by Gasteiger charge is 2.55. The zero-order chi connectivity index (χ0) is 25.7. The molecule has 3 aromatic carbocycles. The van der Waals surface area contributed by atoms with E-state index in [0.717, 1.165) is 11.1 Å². The van der Waals surface area contributed by atoms with Crippen LogP contribution in [0.1, 0.15) is 25.3 Å². The van der Waals surface area contributed by atoms with Crippen molar-refractivity contribution in [3.63, 3.8) is 0 Å². The zero-order valence-electron chi connectivity index (χ0n) is 20.2. The highest BCUT2D eigenvalue weighted by atomic mass is 35.5. The molecule has 0 bridgehead atoms. The van der Waals surface area contributed by atoms with Crippen molar-refractivity contribution >= 4 is 27.5 Å². The van der Waals surface area contributed by atoms with E-state index >= 15 is 0 Å². The van der Waals surface area contributed by atoms with Gasteiger partial charge < -0.3 is 5.11 Å². The minimum atomic E-state index is -3.75. The van der Waals surface area contributed by atoms with E-state index in [-0.39, 0.29) is 11.8 Å². The number of rotatable bonds is 4. The number of aromatic hydroxyl groups is 1. The van der Waals surface area contributed by atoms with E-state index in [1.54, 1.807) is 31.3 Å². The van der Waals surface area contributed by atoms with Crippen molar-refractivity contribution in [1.82, 2.24) is 9.21 Å². The molecule has 1 N–H and O–H groups in total. The van der Waals surface area contributed by atoms with Crippen LogP contribution in [0.25, 0.3) is 11.1 Å². The number of likely N-dealkylation sites (tertiary alicyclic amines) is 1. The first-order chi connectivity index (χ1) is 17.1. The lowest BCUT2D eigenvalue weighted by atomic mass is 9.82. The SMILES string of the molecule is CC1CC2(CCN1Cc1ccc(O)c(-c3ccccc3Cl)c1)CN(C)S(=O)(=O)N2c1cccc(F)c1. The van der Waals surface area contributed by atoms with Gasteiger partial charge in [0.1, 0.15) is 11.6 Å². The van der Waals surface area contributed by atoms with Gasteiger partial charge >= 0.3 is 10.2 Å². The minimum Gasteiger partial charge on any atom is -0.507 e. The average Bonchev–Trinajstić information content (AvgIpc) is 3.01. The normalized spacial score (nSPS) is 24.4.